The Kier molecular flexibility index (Phi) is 5.41. The van der Waals surface area contributed by atoms with Crippen molar-refractivity contribution in [3.8, 4) is 5.75 Å². The normalized spacial score (nSPS) is 16.9. The van der Waals surface area contributed by atoms with Crippen molar-refractivity contribution in [2.45, 2.75) is 25.5 Å². The minimum atomic E-state index is -0.275. The molecule has 1 saturated heterocycles. The Morgan fingerprint density at radius 1 is 1.25 bits per heavy atom. The largest absolute Gasteiger partial charge is 0.496 e. The maximum Gasteiger partial charge on any atom is 0.410 e. The van der Waals surface area contributed by atoms with Crippen LogP contribution < -0.4 is 4.74 Å². The maximum atomic E-state index is 12.5. The average molecular weight is 390 g/mol. The van der Waals surface area contributed by atoms with Crippen LogP contribution in [0.15, 0.2) is 53.0 Å². The van der Waals surface area contributed by atoms with E-state index in [0.717, 1.165) is 34.2 Å². The zero-order chi connectivity index (χ0) is 16.9. The second-order valence-electron chi connectivity index (χ2n) is 5.78. The summed E-state index contributed by atoms with van der Waals surface area (Å²) >= 11 is 3.50. The predicted molar refractivity (Wildman–Crippen MR) is 96.0 cm³/mol. The van der Waals surface area contributed by atoms with Gasteiger partial charge in [-0.15, -0.1) is 0 Å². The minimum Gasteiger partial charge on any atom is -0.496 e. The Morgan fingerprint density at radius 3 is 2.79 bits per heavy atom. The van der Waals surface area contributed by atoms with Crippen molar-refractivity contribution in [1.82, 2.24) is 4.90 Å². The van der Waals surface area contributed by atoms with Gasteiger partial charge in [0.05, 0.1) is 13.2 Å². The van der Waals surface area contributed by atoms with E-state index in [2.05, 4.69) is 15.9 Å². The van der Waals surface area contributed by atoms with E-state index in [9.17, 15) is 4.79 Å². The molecule has 1 unspecified atom stereocenters. The van der Waals surface area contributed by atoms with Gasteiger partial charge in [-0.25, -0.2) is 4.79 Å². The number of nitrogens with zero attached hydrogens (tertiary/aromatic N) is 1. The van der Waals surface area contributed by atoms with Gasteiger partial charge in [0.15, 0.2) is 0 Å². The molecule has 1 aliphatic rings. The highest BCUT2D eigenvalue weighted by Gasteiger charge is 2.33. The molecule has 1 aliphatic heterocycles. The number of hydrogen-bond acceptors (Lipinski definition) is 3. The van der Waals surface area contributed by atoms with Gasteiger partial charge in [-0.2, -0.15) is 0 Å². The lowest BCUT2D eigenvalue weighted by Crippen LogP contribution is -2.31. The molecule has 0 bridgehead atoms. The standard InChI is InChI=1S/C19H20BrNO3/c1-23-18-10-9-15(20)12-16(18)17-8-5-11-21(17)19(22)24-13-14-6-3-2-4-7-14/h2-4,6-7,9-10,12,17H,5,8,11,13H2,1H3. The van der Waals surface area contributed by atoms with E-state index in [0.29, 0.717) is 13.2 Å². The number of likely N-dealkylation sites (tertiary alicyclic amines) is 1. The van der Waals surface area contributed by atoms with Crippen molar-refractivity contribution < 1.29 is 14.3 Å². The van der Waals surface area contributed by atoms with Crippen LogP contribution in [0.3, 0.4) is 0 Å². The van der Waals surface area contributed by atoms with Gasteiger partial charge in [-0.05, 0) is 36.6 Å². The first-order valence-electron chi connectivity index (χ1n) is 8.00. The molecule has 0 radical (unpaired) electrons. The molecule has 0 aliphatic carbocycles. The van der Waals surface area contributed by atoms with Crippen molar-refractivity contribution in [3.05, 3.63) is 64.1 Å². The van der Waals surface area contributed by atoms with Crippen LogP contribution in [-0.4, -0.2) is 24.6 Å². The number of amides is 1. The van der Waals surface area contributed by atoms with E-state index in [1.807, 2.05) is 48.5 Å². The number of carbonyl (C=O) groups is 1. The van der Waals surface area contributed by atoms with Crippen LogP contribution in [-0.2, 0) is 11.3 Å². The van der Waals surface area contributed by atoms with Crippen LogP contribution >= 0.6 is 15.9 Å². The maximum absolute atomic E-state index is 12.5. The number of hydrogen-bond donors (Lipinski definition) is 0. The van der Waals surface area contributed by atoms with E-state index in [1.54, 1.807) is 12.0 Å². The van der Waals surface area contributed by atoms with E-state index >= 15 is 0 Å². The van der Waals surface area contributed by atoms with Gasteiger partial charge < -0.3 is 14.4 Å². The van der Waals surface area contributed by atoms with Crippen molar-refractivity contribution >= 4 is 22.0 Å². The first-order chi connectivity index (χ1) is 11.7. The summed E-state index contributed by atoms with van der Waals surface area (Å²) in [6.45, 7) is 0.993. The Balaban J connectivity index is 1.73. The third-order valence-corrected chi connectivity index (χ3v) is 4.74. The van der Waals surface area contributed by atoms with Gasteiger partial charge in [-0.1, -0.05) is 46.3 Å². The van der Waals surface area contributed by atoms with Crippen LogP contribution in [0.5, 0.6) is 5.75 Å². The SMILES string of the molecule is COc1ccc(Br)cc1C1CCCN1C(=O)OCc1ccccc1. The topological polar surface area (TPSA) is 38.8 Å². The number of rotatable bonds is 4. The van der Waals surface area contributed by atoms with Crippen molar-refractivity contribution in [1.29, 1.82) is 0 Å². The fourth-order valence-electron chi connectivity index (χ4n) is 3.08. The molecule has 4 nitrogen and oxygen atoms in total. The fourth-order valence-corrected chi connectivity index (χ4v) is 3.46. The van der Waals surface area contributed by atoms with E-state index < -0.39 is 0 Å². The lowest BCUT2D eigenvalue weighted by molar-refractivity contribution is 0.0917. The zero-order valence-corrected chi connectivity index (χ0v) is 15.2. The summed E-state index contributed by atoms with van der Waals surface area (Å²) in [7, 11) is 1.65. The second kappa shape index (κ2) is 7.71. The predicted octanol–water partition coefficient (Wildman–Crippen LogP) is 4.93. The molecule has 0 N–H and O–H groups in total. The molecule has 0 saturated carbocycles. The summed E-state index contributed by atoms with van der Waals surface area (Å²) in [5, 5.41) is 0. The number of carbonyl (C=O) groups excluding carboxylic acids is 1. The first-order valence-corrected chi connectivity index (χ1v) is 8.79. The van der Waals surface area contributed by atoms with Gasteiger partial charge >= 0.3 is 6.09 Å². The molecule has 0 spiro atoms. The lowest BCUT2D eigenvalue weighted by atomic mass is 10.0. The van der Waals surface area contributed by atoms with Crippen molar-refractivity contribution in [2.75, 3.05) is 13.7 Å². The molecule has 2 aromatic carbocycles. The average Bonchev–Trinajstić information content (AvgIpc) is 3.10. The molecule has 3 rings (SSSR count). The highest BCUT2D eigenvalue weighted by molar-refractivity contribution is 9.10. The van der Waals surface area contributed by atoms with Gasteiger partial charge in [0, 0.05) is 16.6 Å². The molecule has 2 aromatic rings. The number of halogens is 1. The van der Waals surface area contributed by atoms with E-state index in [4.69, 9.17) is 9.47 Å². The Morgan fingerprint density at radius 2 is 2.04 bits per heavy atom. The molecule has 1 amide bonds. The number of methoxy groups -OCH3 is 1. The quantitative estimate of drug-likeness (QED) is 0.743. The van der Waals surface area contributed by atoms with E-state index in [-0.39, 0.29) is 12.1 Å². The first kappa shape index (κ1) is 16.8. The Hall–Kier alpha value is -2.01. The van der Waals surface area contributed by atoms with Gasteiger partial charge in [0.25, 0.3) is 0 Å². The molecular formula is C19H20BrNO3. The summed E-state index contributed by atoms with van der Waals surface area (Å²) in [4.78, 5) is 14.3. The third-order valence-electron chi connectivity index (χ3n) is 4.24. The number of benzene rings is 2. The molecular weight excluding hydrogens is 370 g/mol. The zero-order valence-electron chi connectivity index (χ0n) is 13.6. The Labute approximate surface area is 150 Å². The lowest BCUT2D eigenvalue weighted by Gasteiger charge is -2.26. The molecule has 5 heteroatoms. The Bertz CT molecular complexity index is 705. The van der Waals surface area contributed by atoms with Crippen LogP contribution in [0.1, 0.15) is 30.0 Å². The smallest absolute Gasteiger partial charge is 0.410 e. The minimum absolute atomic E-state index is 0.0132. The van der Waals surface area contributed by atoms with E-state index in [1.165, 1.54) is 0 Å². The summed E-state index contributed by atoms with van der Waals surface area (Å²) in [6.07, 6.45) is 1.59. The molecule has 24 heavy (non-hydrogen) atoms. The molecule has 0 aromatic heterocycles. The summed E-state index contributed by atoms with van der Waals surface area (Å²) < 4.78 is 11.9. The van der Waals surface area contributed by atoms with Gasteiger partial charge in [-0.3, -0.25) is 0 Å². The summed E-state index contributed by atoms with van der Waals surface area (Å²) in [5.41, 5.74) is 2.00. The van der Waals surface area contributed by atoms with Gasteiger partial charge in [0.2, 0.25) is 0 Å². The monoisotopic (exact) mass is 389 g/mol. The summed E-state index contributed by atoms with van der Waals surface area (Å²) in [5.74, 6) is 0.797. The molecule has 126 valence electrons. The van der Waals surface area contributed by atoms with Crippen LogP contribution in [0.2, 0.25) is 0 Å². The van der Waals surface area contributed by atoms with Gasteiger partial charge in [0.1, 0.15) is 12.4 Å². The fraction of sp³-hybridized carbons (Fsp3) is 0.316. The van der Waals surface area contributed by atoms with Crippen molar-refractivity contribution in [3.63, 3.8) is 0 Å². The van der Waals surface area contributed by atoms with Crippen LogP contribution in [0.25, 0.3) is 0 Å². The molecule has 1 fully saturated rings. The second-order valence-corrected chi connectivity index (χ2v) is 6.69. The molecule has 1 atom stereocenters. The summed E-state index contributed by atoms with van der Waals surface area (Å²) in [6, 6.07) is 15.6. The van der Waals surface area contributed by atoms with Crippen molar-refractivity contribution in [2.24, 2.45) is 0 Å². The highest BCUT2D eigenvalue weighted by atomic mass is 79.9. The third kappa shape index (κ3) is 3.73. The molecule has 1 heterocycles. The highest BCUT2D eigenvalue weighted by Crippen LogP contribution is 2.38. The van der Waals surface area contributed by atoms with Crippen LogP contribution in [0, 0.1) is 0 Å². The van der Waals surface area contributed by atoms with Crippen LogP contribution in [0.4, 0.5) is 4.79 Å². The number of ether oxygens (including phenoxy) is 2.